The number of hydrogen-bond acceptors (Lipinski definition) is 4. The van der Waals surface area contributed by atoms with Crippen LogP contribution in [0.4, 0.5) is 0 Å². The van der Waals surface area contributed by atoms with Gasteiger partial charge in [-0.3, -0.25) is 14.0 Å². The lowest BCUT2D eigenvalue weighted by molar-refractivity contribution is -0.124. The third kappa shape index (κ3) is 4.33. The van der Waals surface area contributed by atoms with E-state index in [0.29, 0.717) is 21.5 Å². The summed E-state index contributed by atoms with van der Waals surface area (Å²) in [7, 11) is 0. The SMILES string of the molecule is CC(C)C(NC(=O)c1ccccc1Br)C(=O)NCc1nnc2ccccn12. The molecule has 0 bridgehead atoms. The molecule has 2 aromatic heterocycles. The molecule has 27 heavy (non-hydrogen) atoms. The van der Waals surface area contributed by atoms with Crippen LogP contribution in [0, 0.1) is 5.92 Å². The molecule has 2 amide bonds. The van der Waals surface area contributed by atoms with Crippen molar-refractivity contribution in [2.75, 3.05) is 0 Å². The quantitative estimate of drug-likeness (QED) is 0.629. The van der Waals surface area contributed by atoms with E-state index in [1.165, 1.54) is 0 Å². The number of pyridine rings is 1. The molecule has 0 aliphatic rings. The van der Waals surface area contributed by atoms with Gasteiger partial charge in [0, 0.05) is 10.7 Å². The van der Waals surface area contributed by atoms with Crippen molar-refractivity contribution >= 4 is 33.4 Å². The highest BCUT2D eigenvalue weighted by atomic mass is 79.9. The van der Waals surface area contributed by atoms with Crippen LogP contribution in [0.3, 0.4) is 0 Å². The summed E-state index contributed by atoms with van der Waals surface area (Å²) in [5.74, 6) is -0.0208. The van der Waals surface area contributed by atoms with Crippen molar-refractivity contribution in [3.05, 3.63) is 64.5 Å². The van der Waals surface area contributed by atoms with Gasteiger partial charge in [0.1, 0.15) is 6.04 Å². The van der Waals surface area contributed by atoms with Crippen LogP contribution in [-0.4, -0.2) is 32.5 Å². The van der Waals surface area contributed by atoms with Crippen LogP contribution in [0.25, 0.3) is 5.65 Å². The number of halogens is 1. The maximum atomic E-state index is 12.7. The number of nitrogens with one attached hydrogen (secondary N) is 2. The molecule has 140 valence electrons. The van der Waals surface area contributed by atoms with Gasteiger partial charge in [-0.1, -0.05) is 32.0 Å². The van der Waals surface area contributed by atoms with E-state index in [2.05, 4.69) is 36.8 Å². The van der Waals surface area contributed by atoms with Crippen LogP contribution in [0.2, 0.25) is 0 Å². The van der Waals surface area contributed by atoms with Crippen LogP contribution in [0.15, 0.2) is 53.1 Å². The molecular weight excluding hydrogens is 410 g/mol. The Bertz CT molecular complexity index is 969. The first kappa shape index (κ1) is 19.0. The average molecular weight is 430 g/mol. The van der Waals surface area contributed by atoms with Crippen LogP contribution >= 0.6 is 15.9 Å². The average Bonchev–Trinajstić information content (AvgIpc) is 3.07. The molecule has 8 heteroatoms. The van der Waals surface area contributed by atoms with E-state index in [0.717, 1.165) is 0 Å². The molecule has 0 spiro atoms. The fourth-order valence-corrected chi connectivity index (χ4v) is 3.15. The molecular formula is C19H20BrN5O2. The van der Waals surface area contributed by atoms with Gasteiger partial charge < -0.3 is 10.6 Å². The van der Waals surface area contributed by atoms with Gasteiger partial charge >= 0.3 is 0 Å². The number of aromatic nitrogens is 3. The Morgan fingerprint density at radius 3 is 2.59 bits per heavy atom. The van der Waals surface area contributed by atoms with E-state index in [-0.39, 0.29) is 24.3 Å². The van der Waals surface area contributed by atoms with Crippen molar-refractivity contribution < 1.29 is 9.59 Å². The largest absolute Gasteiger partial charge is 0.347 e. The molecule has 0 aliphatic carbocycles. The second kappa shape index (κ2) is 8.30. The molecule has 2 heterocycles. The summed E-state index contributed by atoms with van der Waals surface area (Å²) in [6, 6.07) is 12.0. The molecule has 1 unspecified atom stereocenters. The zero-order valence-corrected chi connectivity index (χ0v) is 16.6. The standard InChI is InChI=1S/C19H20BrN5O2/c1-12(2)17(22-18(26)13-7-3-4-8-14(13)20)19(27)21-11-16-24-23-15-9-5-6-10-25(15)16/h3-10,12,17H,11H2,1-2H3,(H,21,27)(H,22,26). The van der Waals surface area contributed by atoms with Crippen LogP contribution < -0.4 is 10.6 Å². The van der Waals surface area contributed by atoms with Gasteiger partial charge in [0.25, 0.3) is 5.91 Å². The van der Waals surface area contributed by atoms with Gasteiger partial charge in [-0.05, 0) is 46.1 Å². The second-order valence-corrected chi connectivity index (χ2v) is 7.29. The fourth-order valence-electron chi connectivity index (χ4n) is 2.69. The lowest BCUT2D eigenvalue weighted by atomic mass is 10.0. The van der Waals surface area contributed by atoms with E-state index < -0.39 is 6.04 Å². The monoisotopic (exact) mass is 429 g/mol. The molecule has 0 saturated carbocycles. The predicted octanol–water partition coefficient (Wildman–Crippen LogP) is 2.56. The van der Waals surface area contributed by atoms with Gasteiger partial charge in [0.2, 0.25) is 5.91 Å². The Hall–Kier alpha value is -2.74. The number of nitrogens with zero attached hydrogens (tertiary/aromatic N) is 3. The molecule has 1 aromatic carbocycles. The molecule has 3 aromatic rings. The summed E-state index contributed by atoms with van der Waals surface area (Å²) in [5, 5.41) is 13.8. The number of amides is 2. The van der Waals surface area contributed by atoms with E-state index in [4.69, 9.17) is 0 Å². The van der Waals surface area contributed by atoms with Crippen molar-refractivity contribution in [1.29, 1.82) is 0 Å². The number of benzene rings is 1. The van der Waals surface area contributed by atoms with Crippen LogP contribution in [0.5, 0.6) is 0 Å². The molecule has 0 aliphatic heterocycles. The van der Waals surface area contributed by atoms with Crippen molar-refractivity contribution in [3.63, 3.8) is 0 Å². The number of fused-ring (bicyclic) bond motifs is 1. The minimum Gasteiger partial charge on any atom is -0.347 e. The smallest absolute Gasteiger partial charge is 0.253 e. The first-order valence-electron chi connectivity index (χ1n) is 8.59. The van der Waals surface area contributed by atoms with Crippen molar-refractivity contribution in [1.82, 2.24) is 25.2 Å². The molecule has 2 N–H and O–H groups in total. The first-order chi connectivity index (χ1) is 13.0. The Labute approximate surface area is 165 Å². The maximum Gasteiger partial charge on any atom is 0.253 e. The van der Waals surface area contributed by atoms with E-state index in [9.17, 15) is 9.59 Å². The summed E-state index contributed by atoms with van der Waals surface area (Å²) >= 11 is 3.36. The Morgan fingerprint density at radius 2 is 1.85 bits per heavy atom. The number of rotatable bonds is 6. The minimum atomic E-state index is -0.663. The third-order valence-electron chi connectivity index (χ3n) is 4.16. The third-order valence-corrected chi connectivity index (χ3v) is 4.85. The van der Waals surface area contributed by atoms with Crippen molar-refractivity contribution in [2.45, 2.75) is 26.4 Å². The van der Waals surface area contributed by atoms with Gasteiger partial charge in [0.05, 0.1) is 12.1 Å². The Balaban J connectivity index is 1.68. The maximum absolute atomic E-state index is 12.7. The summed E-state index contributed by atoms with van der Waals surface area (Å²) < 4.78 is 2.49. The summed E-state index contributed by atoms with van der Waals surface area (Å²) in [4.78, 5) is 25.2. The topological polar surface area (TPSA) is 88.4 Å². The zero-order chi connectivity index (χ0) is 19.4. The molecule has 0 saturated heterocycles. The Kier molecular flexibility index (Phi) is 5.85. The highest BCUT2D eigenvalue weighted by Gasteiger charge is 2.25. The van der Waals surface area contributed by atoms with Crippen LogP contribution in [-0.2, 0) is 11.3 Å². The van der Waals surface area contributed by atoms with Crippen LogP contribution in [0.1, 0.15) is 30.0 Å². The van der Waals surface area contributed by atoms with E-state index in [1.807, 2.05) is 48.7 Å². The molecule has 7 nitrogen and oxygen atoms in total. The second-order valence-electron chi connectivity index (χ2n) is 6.44. The normalized spacial score (nSPS) is 12.1. The fraction of sp³-hybridized carbons (Fsp3) is 0.263. The highest BCUT2D eigenvalue weighted by molar-refractivity contribution is 9.10. The van der Waals surface area contributed by atoms with Gasteiger partial charge in [-0.25, -0.2) is 0 Å². The molecule has 3 rings (SSSR count). The van der Waals surface area contributed by atoms with Gasteiger partial charge in [-0.15, -0.1) is 10.2 Å². The van der Waals surface area contributed by atoms with E-state index in [1.54, 1.807) is 18.2 Å². The molecule has 0 radical (unpaired) electrons. The lowest BCUT2D eigenvalue weighted by Crippen LogP contribution is -2.49. The molecule has 0 fully saturated rings. The predicted molar refractivity (Wildman–Crippen MR) is 105 cm³/mol. The highest BCUT2D eigenvalue weighted by Crippen LogP contribution is 2.16. The summed E-state index contributed by atoms with van der Waals surface area (Å²) in [6.07, 6.45) is 1.84. The minimum absolute atomic E-state index is 0.0772. The van der Waals surface area contributed by atoms with E-state index >= 15 is 0 Å². The lowest BCUT2D eigenvalue weighted by Gasteiger charge is -2.22. The van der Waals surface area contributed by atoms with Crippen molar-refractivity contribution in [3.8, 4) is 0 Å². The zero-order valence-electron chi connectivity index (χ0n) is 15.0. The van der Waals surface area contributed by atoms with Gasteiger partial charge in [-0.2, -0.15) is 0 Å². The Morgan fingerprint density at radius 1 is 1.11 bits per heavy atom. The first-order valence-corrected chi connectivity index (χ1v) is 9.38. The number of hydrogen-bond donors (Lipinski definition) is 2. The van der Waals surface area contributed by atoms with Crippen molar-refractivity contribution in [2.24, 2.45) is 5.92 Å². The number of carbonyl (C=O) groups is 2. The number of carbonyl (C=O) groups excluding carboxylic acids is 2. The molecule has 1 atom stereocenters. The summed E-state index contributed by atoms with van der Waals surface area (Å²) in [5.41, 5.74) is 1.20. The summed E-state index contributed by atoms with van der Waals surface area (Å²) in [6.45, 7) is 3.99. The van der Waals surface area contributed by atoms with Gasteiger partial charge in [0.15, 0.2) is 11.5 Å².